The molecule has 214 valence electrons. The number of aromatic nitrogens is 2. The summed E-state index contributed by atoms with van der Waals surface area (Å²) in [5.41, 5.74) is -0.189. The summed E-state index contributed by atoms with van der Waals surface area (Å²) in [6, 6.07) is 5.59. The zero-order valence-electron chi connectivity index (χ0n) is 22.5. The van der Waals surface area contributed by atoms with E-state index in [1.807, 2.05) is 12.1 Å². The predicted octanol–water partition coefficient (Wildman–Crippen LogP) is 3.86. The first-order chi connectivity index (χ1) is 18.4. The average molecular weight is 552 g/mol. The lowest BCUT2D eigenvalue weighted by molar-refractivity contribution is -0.137. The summed E-state index contributed by atoms with van der Waals surface area (Å²) in [5.74, 6) is -0.400. The maximum absolute atomic E-state index is 13.7. The number of carbonyl (C=O) groups excluding carboxylic acids is 1. The molecule has 0 saturated carbocycles. The third-order valence-electron chi connectivity index (χ3n) is 6.82. The minimum Gasteiger partial charge on any atom is -0.449 e. The fourth-order valence-electron chi connectivity index (χ4n) is 4.59. The van der Waals surface area contributed by atoms with Gasteiger partial charge in [-0.15, -0.1) is 0 Å². The van der Waals surface area contributed by atoms with Crippen LogP contribution in [0.15, 0.2) is 24.4 Å². The topological polar surface area (TPSA) is 106 Å². The number of carbonyl (C=O) groups is 1. The Morgan fingerprint density at radius 2 is 1.85 bits per heavy atom. The summed E-state index contributed by atoms with van der Waals surface area (Å²) in [4.78, 5) is 25.8. The van der Waals surface area contributed by atoms with Gasteiger partial charge in [-0.1, -0.05) is 0 Å². The number of piperazine rings is 1. The molecule has 1 aromatic carbocycles. The SMILES string of the molecule is CN1CCN(c2ccc(Nc3ncc(C(F)(F)F)c(NCCCN4CCCOC4=O)n3)c(C(C)(C)O)c2)CC1. The number of rotatable bonds is 9. The minimum atomic E-state index is -4.65. The number of amides is 1. The average Bonchev–Trinajstić information content (AvgIpc) is 2.87. The largest absolute Gasteiger partial charge is 0.449 e. The van der Waals surface area contributed by atoms with Crippen LogP contribution < -0.4 is 15.5 Å². The second kappa shape index (κ2) is 11.8. The van der Waals surface area contributed by atoms with Gasteiger partial charge in [0.1, 0.15) is 11.4 Å². The Morgan fingerprint density at radius 3 is 2.51 bits per heavy atom. The van der Waals surface area contributed by atoms with Gasteiger partial charge >= 0.3 is 12.3 Å². The first-order valence-electron chi connectivity index (χ1n) is 13.1. The molecule has 2 saturated heterocycles. The fourth-order valence-corrected chi connectivity index (χ4v) is 4.59. The van der Waals surface area contributed by atoms with E-state index < -0.39 is 23.4 Å². The monoisotopic (exact) mass is 551 g/mol. The van der Waals surface area contributed by atoms with Crippen molar-refractivity contribution in [1.82, 2.24) is 19.8 Å². The van der Waals surface area contributed by atoms with Gasteiger partial charge in [-0.05, 0) is 51.9 Å². The first kappa shape index (κ1) is 28.7. The maximum Gasteiger partial charge on any atom is 0.421 e. The van der Waals surface area contributed by atoms with E-state index in [1.165, 1.54) is 4.90 Å². The number of alkyl halides is 3. The first-order valence-corrected chi connectivity index (χ1v) is 13.1. The summed E-state index contributed by atoms with van der Waals surface area (Å²) < 4.78 is 46.0. The third kappa shape index (κ3) is 7.41. The lowest BCUT2D eigenvalue weighted by Gasteiger charge is -2.35. The molecule has 0 spiro atoms. The van der Waals surface area contributed by atoms with E-state index in [4.69, 9.17) is 4.74 Å². The van der Waals surface area contributed by atoms with Crippen LogP contribution in [-0.4, -0.2) is 90.4 Å². The Morgan fingerprint density at radius 1 is 1.10 bits per heavy atom. The van der Waals surface area contributed by atoms with Gasteiger partial charge in [0.15, 0.2) is 0 Å². The van der Waals surface area contributed by atoms with E-state index >= 15 is 0 Å². The summed E-state index contributed by atoms with van der Waals surface area (Å²) in [7, 11) is 2.07. The standard InChI is InChI=1S/C26H36F3N7O3/c1-25(2,38)19-16-18(35-13-11-34(3)12-14-35)6-7-21(19)32-23-31-17-20(26(27,28)29)22(33-23)30-8-4-9-36-10-5-15-39-24(36)37/h6-7,16-17,38H,4-5,8-15H2,1-3H3,(H2,30,31,32,33). The number of cyclic esters (lactones) is 1. The van der Waals surface area contributed by atoms with Gasteiger partial charge in [-0.3, -0.25) is 0 Å². The molecule has 4 rings (SSSR count). The zero-order chi connectivity index (χ0) is 28.2. The van der Waals surface area contributed by atoms with E-state index in [2.05, 4.69) is 37.4 Å². The maximum atomic E-state index is 13.7. The van der Waals surface area contributed by atoms with Crippen LogP contribution in [-0.2, 0) is 16.5 Å². The Balaban J connectivity index is 1.51. The van der Waals surface area contributed by atoms with Gasteiger partial charge in [-0.25, -0.2) is 9.78 Å². The molecule has 0 radical (unpaired) electrons. The lowest BCUT2D eigenvalue weighted by atomic mass is 9.95. The highest BCUT2D eigenvalue weighted by Gasteiger charge is 2.35. The van der Waals surface area contributed by atoms with E-state index in [9.17, 15) is 23.1 Å². The Kier molecular flexibility index (Phi) is 8.70. The highest BCUT2D eigenvalue weighted by Crippen LogP contribution is 2.36. The smallest absolute Gasteiger partial charge is 0.421 e. The van der Waals surface area contributed by atoms with Gasteiger partial charge in [0.2, 0.25) is 5.95 Å². The van der Waals surface area contributed by atoms with E-state index in [0.29, 0.717) is 37.4 Å². The van der Waals surface area contributed by atoms with Crippen molar-refractivity contribution in [3.8, 4) is 0 Å². The molecule has 3 heterocycles. The molecule has 0 bridgehead atoms. The molecule has 0 atom stereocenters. The molecule has 0 unspecified atom stereocenters. The second-order valence-electron chi connectivity index (χ2n) is 10.4. The molecule has 2 aromatic rings. The summed E-state index contributed by atoms with van der Waals surface area (Å²) in [6.45, 7) is 8.33. The summed E-state index contributed by atoms with van der Waals surface area (Å²) >= 11 is 0. The van der Waals surface area contributed by atoms with Gasteiger partial charge in [0.05, 0.1) is 12.2 Å². The van der Waals surface area contributed by atoms with E-state index in [0.717, 1.165) is 44.5 Å². The number of nitrogens with one attached hydrogen (secondary N) is 2. The normalized spacial score (nSPS) is 17.3. The number of benzene rings is 1. The Bertz CT molecular complexity index is 1150. The molecular weight excluding hydrogens is 515 g/mol. The molecule has 3 N–H and O–H groups in total. The van der Waals surface area contributed by atoms with Gasteiger partial charge in [0, 0.05) is 68.9 Å². The van der Waals surface area contributed by atoms with Gasteiger partial charge < -0.3 is 35.2 Å². The van der Waals surface area contributed by atoms with Crippen LogP contribution in [0.5, 0.6) is 0 Å². The molecule has 0 aliphatic carbocycles. The summed E-state index contributed by atoms with van der Waals surface area (Å²) in [6.07, 6.45) is -3.19. The van der Waals surface area contributed by atoms with Crippen molar-refractivity contribution in [3.05, 3.63) is 35.5 Å². The van der Waals surface area contributed by atoms with Crippen molar-refractivity contribution in [2.75, 3.05) is 75.0 Å². The van der Waals surface area contributed by atoms with Crippen LogP contribution in [0.1, 0.15) is 37.8 Å². The van der Waals surface area contributed by atoms with Gasteiger partial charge in [0.25, 0.3) is 0 Å². The molecule has 2 aliphatic rings. The molecule has 1 aromatic heterocycles. The third-order valence-corrected chi connectivity index (χ3v) is 6.82. The number of aliphatic hydroxyl groups is 1. The van der Waals surface area contributed by atoms with E-state index in [-0.39, 0.29) is 18.3 Å². The van der Waals surface area contributed by atoms with Crippen molar-refractivity contribution in [3.63, 3.8) is 0 Å². The number of anilines is 4. The van der Waals surface area contributed by atoms with E-state index in [1.54, 1.807) is 19.9 Å². The minimum absolute atomic E-state index is 0.0389. The van der Waals surface area contributed by atoms with Crippen LogP contribution in [0.4, 0.5) is 41.1 Å². The number of likely N-dealkylation sites (N-methyl/N-ethyl adjacent to an activating group) is 1. The van der Waals surface area contributed by atoms with Crippen LogP contribution >= 0.6 is 0 Å². The van der Waals surface area contributed by atoms with Gasteiger partial charge in [-0.2, -0.15) is 18.2 Å². The highest BCUT2D eigenvalue weighted by molar-refractivity contribution is 5.68. The Hall–Kier alpha value is -3.32. The number of ether oxygens (including phenoxy) is 1. The van der Waals surface area contributed by atoms with Crippen LogP contribution in [0, 0.1) is 0 Å². The van der Waals surface area contributed by atoms with Crippen molar-refractivity contribution in [1.29, 1.82) is 0 Å². The lowest BCUT2D eigenvalue weighted by Crippen LogP contribution is -2.44. The van der Waals surface area contributed by atoms with Crippen molar-refractivity contribution < 1.29 is 27.8 Å². The molecule has 2 fully saturated rings. The summed E-state index contributed by atoms with van der Waals surface area (Å²) in [5, 5.41) is 16.6. The van der Waals surface area contributed by atoms with Crippen molar-refractivity contribution in [2.24, 2.45) is 0 Å². The number of hydrogen-bond acceptors (Lipinski definition) is 9. The Labute approximate surface area is 226 Å². The van der Waals surface area contributed by atoms with Crippen LogP contribution in [0.2, 0.25) is 0 Å². The molecule has 39 heavy (non-hydrogen) atoms. The molecule has 13 heteroatoms. The number of nitrogens with zero attached hydrogens (tertiary/aromatic N) is 5. The van der Waals surface area contributed by atoms with Crippen LogP contribution in [0.25, 0.3) is 0 Å². The zero-order valence-corrected chi connectivity index (χ0v) is 22.5. The molecule has 1 amide bonds. The molecule has 10 nitrogen and oxygen atoms in total. The molecular formula is C26H36F3N7O3. The second-order valence-corrected chi connectivity index (χ2v) is 10.4. The number of hydrogen-bond donors (Lipinski definition) is 3. The quantitative estimate of drug-likeness (QED) is 0.401. The van der Waals surface area contributed by atoms with Crippen molar-refractivity contribution >= 4 is 29.2 Å². The number of halogens is 3. The highest BCUT2D eigenvalue weighted by atomic mass is 19.4. The molecule has 2 aliphatic heterocycles. The fraction of sp³-hybridized carbons (Fsp3) is 0.577. The predicted molar refractivity (Wildman–Crippen MR) is 142 cm³/mol. The van der Waals surface area contributed by atoms with Crippen LogP contribution in [0.3, 0.4) is 0 Å². The van der Waals surface area contributed by atoms with Crippen molar-refractivity contribution in [2.45, 2.75) is 38.5 Å².